The van der Waals surface area contributed by atoms with Crippen molar-refractivity contribution in [2.24, 2.45) is 0 Å². The van der Waals surface area contributed by atoms with Crippen LogP contribution in [0, 0.1) is 0 Å². The highest BCUT2D eigenvalue weighted by Crippen LogP contribution is 2.33. The van der Waals surface area contributed by atoms with Crippen LogP contribution in [0.4, 0.5) is 0 Å². The average Bonchev–Trinajstić information content (AvgIpc) is 2.64. The first kappa shape index (κ1) is 16.1. The molecule has 0 bridgehead atoms. The van der Waals surface area contributed by atoms with Crippen LogP contribution in [-0.4, -0.2) is 36.4 Å². The highest BCUT2D eigenvalue weighted by molar-refractivity contribution is 9.10. The summed E-state index contributed by atoms with van der Waals surface area (Å²) in [5.41, 5.74) is 1.27. The summed E-state index contributed by atoms with van der Waals surface area (Å²) in [6.45, 7) is 2.09. The molecule has 1 aromatic carbocycles. The van der Waals surface area contributed by atoms with Crippen LogP contribution in [0.5, 0.6) is 5.75 Å². The molecule has 0 radical (unpaired) electrons. The van der Waals surface area contributed by atoms with E-state index in [4.69, 9.17) is 9.84 Å². The van der Waals surface area contributed by atoms with Gasteiger partial charge in [0.15, 0.2) is 0 Å². The Kier molecular flexibility index (Phi) is 7.21. The predicted molar refractivity (Wildman–Crippen MR) is 88.6 cm³/mol. The number of fused-ring (bicyclic) bond motifs is 1. The van der Waals surface area contributed by atoms with E-state index >= 15 is 0 Å². The van der Waals surface area contributed by atoms with Crippen LogP contribution >= 0.6 is 27.7 Å². The maximum Gasteiger partial charge on any atom is 0.125 e. The lowest BCUT2D eigenvalue weighted by molar-refractivity contribution is 0.296. The lowest BCUT2D eigenvalue weighted by atomic mass is 10.0. The minimum Gasteiger partial charge on any atom is -0.493 e. The van der Waals surface area contributed by atoms with E-state index in [1.165, 1.54) is 5.56 Å². The Hall–Kier alpha value is -0.230. The van der Waals surface area contributed by atoms with Crippen molar-refractivity contribution in [3.8, 4) is 5.75 Å². The van der Waals surface area contributed by atoms with Crippen LogP contribution in [0.1, 0.15) is 30.9 Å². The van der Waals surface area contributed by atoms with Gasteiger partial charge in [0.25, 0.3) is 0 Å². The highest BCUT2D eigenvalue weighted by atomic mass is 79.9. The van der Waals surface area contributed by atoms with Gasteiger partial charge in [-0.1, -0.05) is 22.0 Å². The lowest BCUT2D eigenvalue weighted by Gasteiger charge is -2.18. The molecule has 0 fully saturated rings. The summed E-state index contributed by atoms with van der Waals surface area (Å²) in [5.74, 6) is 3.13. The minimum absolute atomic E-state index is 0.294. The summed E-state index contributed by atoms with van der Waals surface area (Å²) >= 11 is 5.39. The summed E-state index contributed by atoms with van der Waals surface area (Å²) in [5, 5.41) is 12.4. The number of aliphatic hydroxyl groups excluding tert-OH is 1. The average molecular weight is 360 g/mol. The van der Waals surface area contributed by atoms with E-state index in [9.17, 15) is 0 Å². The zero-order valence-electron chi connectivity index (χ0n) is 11.6. The van der Waals surface area contributed by atoms with Crippen molar-refractivity contribution in [3.05, 3.63) is 28.2 Å². The number of ether oxygens (including phenoxy) is 1. The van der Waals surface area contributed by atoms with Gasteiger partial charge < -0.3 is 15.2 Å². The number of aliphatic hydroxyl groups is 1. The maximum absolute atomic E-state index is 8.74. The predicted octanol–water partition coefficient (Wildman–Crippen LogP) is 3.37. The van der Waals surface area contributed by atoms with E-state index in [-0.39, 0.29) is 0 Å². The Balaban J connectivity index is 1.85. The molecule has 1 atom stereocenters. The molecular weight excluding hydrogens is 338 g/mol. The normalized spacial score (nSPS) is 18.2. The molecule has 1 aliphatic rings. The standard InChI is InChI=1S/C15H22BrNO2S/c16-12-4-5-13-14(3-1-8-19-15(13)11-12)17-6-10-20-9-2-7-18/h4-5,11,14,17-18H,1-3,6-10H2. The number of rotatable bonds is 7. The Labute approximate surface area is 133 Å². The van der Waals surface area contributed by atoms with Crippen LogP contribution in [0.3, 0.4) is 0 Å². The van der Waals surface area contributed by atoms with Gasteiger partial charge in [-0.05, 0) is 37.1 Å². The molecule has 1 aromatic rings. The topological polar surface area (TPSA) is 41.5 Å². The van der Waals surface area contributed by atoms with E-state index in [0.717, 1.165) is 54.1 Å². The van der Waals surface area contributed by atoms with Crippen LogP contribution in [0.2, 0.25) is 0 Å². The van der Waals surface area contributed by atoms with Gasteiger partial charge in [0.05, 0.1) is 6.61 Å². The van der Waals surface area contributed by atoms with E-state index < -0.39 is 0 Å². The van der Waals surface area contributed by atoms with Gasteiger partial charge >= 0.3 is 0 Å². The zero-order valence-corrected chi connectivity index (χ0v) is 14.0. The maximum atomic E-state index is 8.74. The second-order valence-corrected chi connectivity index (χ2v) is 7.01. The molecule has 3 nitrogen and oxygen atoms in total. The molecule has 1 heterocycles. The third kappa shape index (κ3) is 4.95. The molecule has 0 saturated heterocycles. The molecule has 20 heavy (non-hydrogen) atoms. The minimum atomic E-state index is 0.294. The molecule has 5 heteroatoms. The fourth-order valence-corrected chi connectivity index (χ4v) is 3.47. The smallest absolute Gasteiger partial charge is 0.125 e. The van der Waals surface area contributed by atoms with Crippen molar-refractivity contribution in [3.63, 3.8) is 0 Å². The molecule has 1 aliphatic heterocycles. The van der Waals surface area contributed by atoms with E-state index in [0.29, 0.717) is 12.6 Å². The molecule has 2 rings (SSSR count). The third-order valence-electron chi connectivity index (χ3n) is 3.33. The van der Waals surface area contributed by atoms with Gasteiger partial charge in [0, 0.05) is 35.0 Å². The summed E-state index contributed by atoms with van der Waals surface area (Å²) in [4.78, 5) is 0. The largest absolute Gasteiger partial charge is 0.493 e. The first-order chi connectivity index (χ1) is 9.81. The highest BCUT2D eigenvalue weighted by Gasteiger charge is 2.19. The first-order valence-corrected chi connectivity index (χ1v) is 9.10. The Bertz CT molecular complexity index is 417. The van der Waals surface area contributed by atoms with E-state index in [1.807, 2.05) is 11.8 Å². The van der Waals surface area contributed by atoms with Gasteiger partial charge in [-0.3, -0.25) is 0 Å². The second-order valence-electron chi connectivity index (χ2n) is 4.87. The molecule has 1 unspecified atom stereocenters. The molecule has 112 valence electrons. The second kappa shape index (κ2) is 8.93. The van der Waals surface area contributed by atoms with Crippen LogP contribution in [0.15, 0.2) is 22.7 Å². The lowest BCUT2D eigenvalue weighted by Crippen LogP contribution is -2.23. The summed E-state index contributed by atoms with van der Waals surface area (Å²) in [6.07, 6.45) is 3.09. The fourth-order valence-electron chi connectivity index (χ4n) is 2.33. The summed E-state index contributed by atoms with van der Waals surface area (Å²) in [6, 6.07) is 6.68. The number of benzene rings is 1. The SMILES string of the molecule is OCCCSCCNC1CCCOc2cc(Br)ccc21. The molecule has 0 aromatic heterocycles. The number of nitrogens with one attached hydrogen (secondary N) is 1. The zero-order chi connectivity index (χ0) is 14.2. The van der Waals surface area contributed by atoms with Gasteiger partial charge in [-0.2, -0.15) is 11.8 Å². The van der Waals surface area contributed by atoms with Crippen molar-refractivity contribution < 1.29 is 9.84 Å². The van der Waals surface area contributed by atoms with Crippen molar-refractivity contribution >= 4 is 27.7 Å². The van der Waals surface area contributed by atoms with Gasteiger partial charge in [0.2, 0.25) is 0 Å². The van der Waals surface area contributed by atoms with Crippen LogP contribution in [-0.2, 0) is 0 Å². The fraction of sp³-hybridized carbons (Fsp3) is 0.600. The number of hydrogen-bond acceptors (Lipinski definition) is 4. The molecular formula is C15H22BrNO2S. The Morgan fingerprint density at radius 1 is 1.40 bits per heavy atom. The third-order valence-corrected chi connectivity index (χ3v) is 4.89. The Morgan fingerprint density at radius 3 is 3.15 bits per heavy atom. The number of thioether (sulfide) groups is 1. The first-order valence-electron chi connectivity index (χ1n) is 7.15. The van der Waals surface area contributed by atoms with E-state index in [2.05, 4.69) is 39.4 Å². The van der Waals surface area contributed by atoms with Crippen LogP contribution in [0.25, 0.3) is 0 Å². The molecule has 0 saturated carbocycles. The van der Waals surface area contributed by atoms with Crippen molar-refractivity contribution in [1.82, 2.24) is 5.32 Å². The summed E-state index contributed by atoms with van der Waals surface area (Å²) in [7, 11) is 0. The molecule has 0 amide bonds. The monoisotopic (exact) mass is 359 g/mol. The molecule has 2 N–H and O–H groups in total. The van der Waals surface area contributed by atoms with Crippen molar-refractivity contribution in [2.75, 3.05) is 31.3 Å². The number of halogens is 1. The quantitative estimate of drug-likeness (QED) is 0.732. The van der Waals surface area contributed by atoms with Gasteiger partial charge in [0.1, 0.15) is 5.75 Å². The van der Waals surface area contributed by atoms with Gasteiger partial charge in [-0.15, -0.1) is 0 Å². The Morgan fingerprint density at radius 2 is 2.30 bits per heavy atom. The molecule has 0 aliphatic carbocycles. The molecule has 0 spiro atoms. The van der Waals surface area contributed by atoms with E-state index in [1.54, 1.807) is 0 Å². The summed E-state index contributed by atoms with van der Waals surface area (Å²) < 4.78 is 6.88. The van der Waals surface area contributed by atoms with Crippen molar-refractivity contribution in [1.29, 1.82) is 0 Å². The van der Waals surface area contributed by atoms with Gasteiger partial charge in [-0.25, -0.2) is 0 Å². The number of hydrogen-bond donors (Lipinski definition) is 2. The van der Waals surface area contributed by atoms with Crippen LogP contribution < -0.4 is 10.1 Å². The van der Waals surface area contributed by atoms with Crippen molar-refractivity contribution in [2.45, 2.75) is 25.3 Å².